The highest BCUT2D eigenvalue weighted by molar-refractivity contribution is 7.47. The number of hydrogen-bond donors (Lipinski definition) is 3. The Morgan fingerprint density at radius 3 is 0.667 bits per heavy atom. The van der Waals surface area contributed by atoms with Gasteiger partial charge in [-0.1, -0.05) is 388 Å². The Morgan fingerprint density at radius 2 is 0.451 bits per heavy atom. The molecule has 102 heavy (non-hydrogen) atoms. The van der Waals surface area contributed by atoms with Gasteiger partial charge in [0.15, 0.2) is 12.2 Å². The molecule has 17 nitrogen and oxygen atoms in total. The number of phosphoric ester groups is 2. The first kappa shape index (κ1) is 100. The number of aliphatic hydroxyl groups excluding tert-OH is 1. The van der Waals surface area contributed by atoms with E-state index in [1.807, 2.05) is 0 Å². The molecule has 2 unspecified atom stereocenters. The lowest BCUT2D eigenvalue weighted by Crippen LogP contribution is -2.30. The van der Waals surface area contributed by atoms with E-state index in [4.69, 9.17) is 37.0 Å². The second-order valence-electron chi connectivity index (χ2n) is 30.8. The molecule has 0 saturated carbocycles. The summed E-state index contributed by atoms with van der Waals surface area (Å²) in [6.07, 6.45) is 65.9. The highest BCUT2D eigenvalue weighted by Crippen LogP contribution is 2.45. The van der Waals surface area contributed by atoms with Gasteiger partial charge in [-0.05, 0) is 37.5 Å². The van der Waals surface area contributed by atoms with Gasteiger partial charge in [-0.3, -0.25) is 37.3 Å². The van der Waals surface area contributed by atoms with E-state index >= 15 is 0 Å². The molecule has 0 heterocycles. The first-order valence-corrected chi connectivity index (χ1v) is 46.0. The molecule has 606 valence electrons. The maximum absolute atomic E-state index is 13.1. The molecule has 0 rings (SSSR count). The van der Waals surface area contributed by atoms with Gasteiger partial charge >= 0.3 is 39.5 Å². The zero-order valence-corrected chi connectivity index (χ0v) is 68.7. The minimum absolute atomic E-state index is 0.106. The number of carbonyl (C=O) groups is 4. The first-order chi connectivity index (χ1) is 49.4. The average Bonchev–Trinajstić information content (AvgIpc) is 0.932. The van der Waals surface area contributed by atoms with Gasteiger partial charge in [0, 0.05) is 25.7 Å². The maximum atomic E-state index is 13.1. The molecular weight excluding hydrogens is 1330 g/mol. The van der Waals surface area contributed by atoms with E-state index in [9.17, 15) is 43.2 Å². The van der Waals surface area contributed by atoms with Crippen molar-refractivity contribution in [3.05, 3.63) is 0 Å². The largest absolute Gasteiger partial charge is 0.472 e. The molecule has 0 aliphatic carbocycles. The molecule has 0 aromatic heterocycles. The SMILES string of the molecule is CCCCCCCCCCCCCCCCCCCCCCCCC(=O)O[C@H](COC(=O)CCCCCCCCCCCCCCCCCCCCC(C)C)COP(=O)(O)OC[C@@H](O)COP(=O)(O)OC[C@@H](COC(=O)CCCCCCC)OC(=O)CCCCCCCCCCCCCC(C)C. The summed E-state index contributed by atoms with van der Waals surface area (Å²) in [5.74, 6) is -0.531. The molecule has 19 heteroatoms. The summed E-state index contributed by atoms with van der Waals surface area (Å²) in [6, 6.07) is 0. The van der Waals surface area contributed by atoms with Crippen LogP contribution in [0, 0.1) is 11.8 Å². The number of esters is 4. The Labute approximate surface area is 626 Å². The molecule has 0 aromatic rings. The van der Waals surface area contributed by atoms with Crippen molar-refractivity contribution in [3.8, 4) is 0 Å². The van der Waals surface area contributed by atoms with Crippen LogP contribution in [0.4, 0.5) is 0 Å². The molecule has 0 fully saturated rings. The zero-order valence-electron chi connectivity index (χ0n) is 66.9. The molecule has 3 N–H and O–H groups in total. The van der Waals surface area contributed by atoms with Crippen LogP contribution in [0.1, 0.15) is 440 Å². The van der Waals surface area contributed by atoms with Crippen molar-refractivity contribution in [2.24, 2.45) is 11.8 Å². The summed E-state index contributed by atoms with van der Waals surface area (Å²) in [4.78, 5) is 72.8. The van der Waals surface area contributed by atoms with Crippen molar-refractivity contribution < 1.29 is 80.2 Å². The van der Waals surface area contributed by atoms with Gasteiger partial charge in [0.2, 0.25) is 0 Å². The predicted octanol–water partition coefficient (Wildman–Crippen LogP) is 25.1. The van der Waals surface area contributed by atoms with Crippen molar-refractivity contribution in [2.75, 3.05) is 39.6 Å². The summed E-state index contributed by atoms with van der Waals surface area (Å²) < 4.78 is 68.5. The van der Waals surface area contributed by atoms with Gasteiger partial charge < -0.3 is 33.8 Å². The zero-order chi connectivity index (χ0) is 74.9. The minimum Gasteiger partial charge on any atom is -0.462 e. The van der Waals surface area contributed by atoms with E-state index in [1.54, 1.807) is 0 Å². The fourth-order valence-electron chi connectivity index (χ4n) is 12.9. The van der Waals surface area contributed by atoms with E-state index in [0.717, 1.165) is 108 Å². The van der Waals surface area contributed by atoms with Gasteiger partial charge in [-0.2, -0.15) is 0 Å². The fourth-order valence-corrected chi connectivity index (χ4v) is 14.5. The Bertz CT molecular complexity index is 1960. The Hall–Kier alpha value is -1.94. The summed E-state index contributed by atoms with van der Waals surface area (Å²) in [5.41, 5.74) is 0. The molecule has 0 radical (unpaired) electrons. The number of rotatable bonds is 82. The highest BCUT2D eigenvalue weighted by atomic mass is 31.2. The van der Waals surface area contributed by atoms with Crippen LogP contribution in [0.15, 0.2) is 0 Å². The average molecular weight is 1490 g/mol. The molecule has 0 spiro atoms. The minimum atomic E-state index is -4.96. The van der Waals surface area contributed by atoms with E-state index in [2.05, 4.69) is 41.5 Å². The summed E-state index contributed by atoms with van der Waals surface area (Å²) >= 11 is 0. The molecule has 0 saturated heterocycles. The predicted molar refractivity (Wildman–Crippen MR) is 418 cm³/mol. The smallest absolute Gasteiger partial charge is 0.462 e. The third-order valence-corrected chi connectivity index (χ3v) is 21.4. The third-order valence-electron chi connectivity index (χ3n) is 19.5. The Morgan fingerprint density at radius 1 is 0.265 bits per heavy atom. The first-order valence-electron chi connectivity index (χ1n) is 43.0. The lowest BCUT2D eigenvalue weighted by Gasteiger charge is -2.21. The van der Waals surface area contributed by atoms with Crippen LogP contribution in [0.25, 0.3) is 0 Å². The van der Waals surface area contributed by atoms with Crippen LogP contribution < -0.4 is 0 Å². The monoisotopic (exact) mass is 1490 g/mol. The summed E-state index contributed by atoms with van der Waals surface area (Å²) in [7, 11) is -9.91. The van der Waals surface area contributed by atoms with Crippen LogP contribution in [0.2, 0.25) is 0 Å². The lowest BCUT2D eigenvalue weighted by atomic mass is 10.0. The normalized spacial score (nSPS) is 13.9. The second kappa shape index (κ2) is 74.5. The highest BCUT2D eigenvalue weighted by Gasteiger charge is 2.30. The number of carbonyl (C=O) groups excluding carboxylic acids is 4. The summed E-state index contributed by atoms with van der Waals surface area (Å²) in [6.45, 7) is 9.58. The number of ether oxygens (including phenoxy) is 4. The number of hydrogen-bond acceptors (Lipinski definition) is 15. The third kappa shape index (κ3) is 76.3. The molecule has 0 bridgehead atoms. The summed E-state index contributed by atoms with van der Waals surface area (Å²) in [5, 5.41) is 10.6. The van der Waals surface area contributed by atoms with Crippen molar-refractivity contribution in [1.82, 2.24) is 0 Å². The number of unbranched alkanes of at least 4 members (excludes halogenated alkanes) is 52. The fraction of sp³-hybridized carbons (Fsp3) is 0.952. The van der Waals surface area contributed by atoms with E-state index in [1.165, 1.54) is 250 Å². The lowest BCUT2D eigenvalue weighted by molar-refractivity contribution is -0.161. The van der Waals surface area contributed by atoms with Crippen LogP contribution >= 0.6 is 15.6 Å². The van der Waals surface area contributed by atoms with Crippen LogP contribution in [0.5, 0.6) is 0 Å². The van der Waals surface area contributed by atoms with Gasteiger partial charge in [-0.15, -0.1) is 0 Å². The van der Waals surface area contributed by atoms with Crippen LogP contribution in [0.3, 0.4) is 0 Å². The van der Waals surface area contributed by atoms with Crippen LogP contribution in [-0.2, 0) is 65.4 Å². The van der Waals surface area contributed by atoms with Gasteiger partial charge in [-0.25, -0.2) is 9.13 Å². The molecule has 0 amide bonds. The van der Waals surface area contributed by atoms with Crippen molar-refractivity contribution in [1.29, 1.82) is 0 Å². The second-order valence-corrected chi connectivity index (χ2v) is 33.7. The van der Waals surface area contributed by atoms with Crippen LogP contribution in [-0.4, -0.2) is 96.7 Å². The number of aliphatic hydroxyl groups is 1. The molecule has 0 aliphatic rings. The Balaban J connectivity index is 5.10. The quantitative estimate of drug-likeness (QED) is 0.0222. The molecular formula is C83H162O17P2. The molecule has 0 aromatic carbocycles. The maximum Gasteiger partial charge on any atom is 0.472 e. The van der Waals surface area contributed by atoms with Crippen molar-refractivity contribution in [3.63, 3.8) is 0 Å². The molecule has 5 atom stereocenters. The standard InChI is InChI=1S/C83H162O17P2/c1-7-9-11-13-14-15-16-17-18-19-20-21-22-23-28-31-34-39-44-49-55-61-67-83(88)100-79(72-94-81(86)66-60-54-48-43-38-33-30-27-25-24-26-29-32-36-41-46-52-57-63-75(3)4)74-98-102(91,92)96-70-77(84)69-95-101(89,90)97-73-78(71-93-80(85)65-59-51-12-10-8-2)99-82(87)68-62-56-50-45-40-35-37-42-47-53-58-64-76(5)6/h75-79,84H,7-74H2,1-6H3,(H,89,90)(H,91,92)/t77-,78+,79+/m0/s1. The van der Waals surface area contributed by atoms with Crippen molar-refractivity contribution in [2.45, 2.75) is 458 Å². The van der Waals surface area contributed by atoms with Gasteiger partial charge in [0.05, 0.1) is 26.4 Å². The molecule has 0 aliphatic heterocycles. The van der Waals surface area contributed by atoms with Gasteiger partial charge in [0.1, 0.15) is 19.3 Å². The van der Waals surface area contributed by atoms with Gasteiger partial charge in [0.25, 0.3) is 0 Å². The van der Waals surface area contributed by atoms with E-state index < -0.39 is 97.5 Å². The number of phosphoric acid groups is 2. The Kier molecular flexibility index (Phi) is 73.1. The van der Waals surface area contributed by atoms with E-state index in [0.29, 0.717) is 25.7 Å². The topological polar surface area (TPSA) is 237 Å². The van der Waals surface area contributed by atoms with Crippen molar-refractivity contribution >= 4 is 39.5 Å². The van der Waals surface area contributed by atoms with E-state index in [-0.39, 0.29) is 25.7 Å².